The summed E-state index contributed by atoms with van der Waals surface area (Å²) in [6.45, 7) is 5.07. The van der Waals surface area contributed by atoms with Crippen LogP contribution in [-0.2, 0) is 9.47 Å². The van der Waals surface area contributed by atoms with Crippen molar-refractivity contribution in [1.29, 1.82) is 0 Å². The molecule has 1 N–H and O–H groups in total. The average Bonchev–Trinajstić information content (AvgIpc) is 2.50. The molecule has 0 fully saturated rings. The molecule has 0 saturated heterocycles. The van der Waals surface area contributed by atoms with Gasteiger partial charge in [-0.25, -0.2) is 9.59 Å². The molecule has 0 spiro atoms. The summed E-state index contributed by atoms with van der Waals surface area (Å²) >= 11 is 3.40. The predicted octanol–water partition coefficient (Wildman–Crippen LogP) is 3.54. The Morgan fingerprint density at radius 1 is 1.12 bits per heavy atom. The molecule has 0 aliphatic carbocycles. The van der Waals surface area contributed by atoms with Crippen molar-refractivity contribution in [3.63, 3.8) is 0 Å². The molecule has 0 atom stereocenters. The Morgan fingerprint density at radius 3 is 2.38 bits per heavy atom. The van der Waals surface area contributed by atoms with E-state index in [4.69, 9.17) is 9.47 Å². The van der Waals surface area contributed by atoms with E-state index in [2.05, 4.69) is 21.2 Å². The van der Waals surface area contributed by atoms with Gasteiger partial charge in [-0.15, -0.1) is 0 Å². The summed E-state index contributed by atoms with van der Waals surface area (Å²) in [4.78, 5) is 27.6. The van der Waals surface area contributed by atoms with Crippen LogP contribution in [0.3, 0.4) is 0 Å². The minimum Gasteiger partial charge on any atom is -0.450 e. The fourth-order valence-electron chi connectivity index (χ4n) is 1.92. The van der Waals surface area contributed by atoms with E-state index in [0.29, 0.717) is 24.5 Å². The van der Waals surface area contributed by atoms with Crippen LogP contribution < -0.4 is 10.2 Å². The Bertz CT molecular complexity index is 566. The topological polar surface area (TPSA) is 71.1 Å². The number of halogens is 1. The SMILES string of the molecule is CCOC(=O)Nc1ccc(Br)cc1N(CCN(C)C)C(=O)OCC. The van der Waals surface area contributed by atoms with Gasteiger partial charge in [0.25, 0.3) is 0 Å². The van der Waals surface area contributed by atoms with E-state index in [-0.39, 0.29) is 13.2 Å². The first kappa shape index (κ1) is 20.2. The third-order valence-electron chi connectivity index (χ3n) is 3.02. The number of nitrogens with zero attached hydrogens (tertiary/aromatic N) is 2. The first-order valence-electron chi connectivity index (χ1n) is 7.71. The monoisotopic (exact) mass is 401 g/mol. The zero-order chi connectivity index (χ0) is 18.1. The fourth-order valence-corrected chi connectivity index (χ4v) is 2.27. The number of ether oxygens (including phenoxy) is 2. The molecule has 1 aromatic rings. The zero-order valence-corrected chi connectivity index (χ0v) is 16.1. The molecular formula is C16H24BrN3O4. The highest BCUT2D eigenvalue weighted by Gasteiger charge is 2.21. The normalized spacial score (nSPS) is 10.4. The molecule has 2 amide bonds. The molecule has 1 aromatic carbocycles. The summed E-state index contributed by atoms with van der Waals surface area (Å²) in [5, 5.41) is 2.66. The van der Waals surface area contributed by atoms with Gasteiger partial charge in [0.2, 0.25) is 0 Å². The summed E-state index contributed by atoms with van der Waals surface area (Å²) < 4.78 is 10.8. The largest absolute Gasteiger partial charge is 0.450 e. The standard InChI is InChI=1S/C16H24BrN3O4/c1-5-23-15(21)18-13-8-7-12(17)11-14(13)20(10-9-19(3)4)16(22)24-6-2/h7-8,11H,5-6,9-10H2,1-4H3,(H,18,21). The second kappa shape index (κ2) is 10.1. The third kappa shape index (κ3) is 6.37. The summed E-state index contributed by atoms with van der Waals surface area (Å²) in [7, 11) is 3.84. The number of likely N-dealkylation sites (N-methyl/N-ethyl adjacent to an activating group) is 1. The van der Waals surface area contributed by atoms with Gasteiger partial charge in [-0.05, 0) is 46.1 Å². The van der Waals surface area contributed by atoms with Crippen molar-refractivity contribution in [3.8, 4) is 0 Å². The lowest BCUT2D eigenvalue weighted by atomic mass is 10.2. The lowest BCUT2D eigenvalue weighted by Crippen LogP contribution is -2.37. The molecule has 8 heteroatoms. The van der Waals surface area contributed by atoms with E-state index >= 15 is 0 Å². The second-order valence-electron chi connectivity index (χ2n) is 5.16. The molecule has 0 aliphatic rings. The molecule has 134 valence electrons. The van der Waals surface area contributed by atoms with Gasteiger partial charge in [-0.1, -0.05) is 15.9 Å². The molecule has 0 aliphatic heterocycles. The minimum atomic E-state index is -0.572. The van der Waals surface area contributed by atoms with Gasteiger partial charge in [-0.2, -0.15) is 0 Å². The molecule has 0 saturated carbocycles. The lowest BCUT2D eigenvalue weighted by molar-refractivity contribution is 0.159. The van der Waals surface area contributed by atoms with E-state index in [0.717, 1.165) is 4.47 Å². The fraction of sp³-hybridized carbons (Fsp3) is 0.500. The van der Waals surface area contributed by atoms with Gasteiger partial charge >= 0.3 is 12.2 Å². The number of anilines is 2. The van der Waals surface area contributed by atoms with Crippen molar-refractivity contribution >= 4 is 39.5 Å². The van der Waals surface area contributed by atoms with Gasteiger partial charge in [-0.3, -0.25) is 10.2 Å². The molecule has 24 heavy (non-hydrogen) atoms. The molecular weight excluding hydrogens is 378 g/mol. The van der Waals surface area contributed by atoms with E-state index in [9.17, 15) is 9.59 Å². The van der Waals surface area contributed by atoms with Crippen LogP contribution in [0.25, 0.3) is 0 Å². The Kier molecular flexibility index (Phi) is 8.56. The van der Waals surface area contributed by atoms with Crippen LogP contribution in [0.4, 0.5) is 21.0 Å². The number of carbonyl (C=O) groups is 2. The average molecular weight is 402 g/mol. The van der Waals surface area contributed by atoms with Crippen LogP contribution in [0.15, 0.2) is 22.7 Å². The maximum absolute atomic E-state index is 12.4. The van der Waals surface area contributed by atoms with Crippen LogP contribution in [-0.4, -0.2) is 57.5 Å². The van der Waals surface area contributed by atoms with Crippen LogP contribution in [0.2, 0.25) is 0 Å². The van der Waals surface area contributed by atoms with Crippen LogP contribution in [0.1, 0.15) is 13.8 Å². The van der Waals surface area contributed by atoms with Crippen molar-refractivity contribution in [1.82, 2.24) is 4.90 Å². The van der Waals surface area contributed by atoms with E-state index in [1.54, 1.807) is 32.0 Å². The summed E-state index contributed by atoms with van der Waals surface area (Å²) in [6, 6.07) is 5.24. The number of hydrogen-bond donors (Lipinski definition) is 1. The Hall–Kier alpha value is -1.80. The second-order valence-corrected chi connectivity index (χ2v) is 6.08. The van der Waals surface area contributed by atoms with Crippen molar-refractivity contribution in [2.24, 2.45) is 0 Å². The predicted molar refractivity (Wildman–Crippen MR) is 97.7 cm³/mol. The number of benzene rings is 1. The van der Waals surface area contributed by atoms with Crippen molar-refractivity contribution in [2.75, 3.05) is 50.6 Å². The molecule has 0 aromatic heterocycles. The van der Waals surface area contributed by atoms with Gasteiger partial charge in [0.1, 0.15) is 0 Å². The third-order valence-corrected chi connectivity index (χ3v) is 3.52. The number of carbonyl (C=O) groups excluding carboxylic acids is 2. The van der Waals surface area contributed by atoms with Gasteiger partial charge in [0.05, 0.1) is 24.6 Å². The van der Waals surface area contributed by atoms with E-state index in [1.165, 1.54) is 4.90 Å². The molecule has 0 bridgehead atoms. The minimum absolute atomic E-state index is 0.264. The summed E-state index contributed by atoms with van der Waals surface area (Å²) in [5.74, 6) is 0. The van der Waals surface area contributed by atoms with Crippen LogP contribution in [0, 0.1) is 0 Å². The maximum atomic E-state index is 12.4. The summed E-state index contributed by atoms with van der Waals surface area (Å²) in [6.07, 6.45) is -1.04. The van der Waals surface area contributed by atoms with Crippen molar-refractivity contribution in [2.45, 2.75) is 13.8 Å². The molecule has 1 rings (SSSR count). The van der Waals surface area contributed by atoms with Gasteiger partial charge in [0, 0.05) is 17.6 Å². The molecule has 0 radical (unpaired) electrons. The first-order chi connectivity index (χ1) is 11.4. The highest BCUT2D eigenvalue weighted by molar-refractivity contribution is 9.10. The first-order valence-corrected chi connectivity index (χ1v) is 8.50. The number of nitrogens with one attached hydrogen (secondary N) is 1. The van der Waals surface area contributed by atoms with Gasteiger partial charge < -0.3 is 14.4 Å². The van der Waals surface area contributed by atoms with Crippen molar-refractivity contribution < 1.29 is 19.1 Å². The lowest BCUT2D eigenvalue weighted by Gasteiger charge is -2.26. The molecule has 0 unspecified atom stereocenters. The van der Waals surface area contributed by atoms with Crippen LogP contribution in [0.5, 0.6) is 0 Å². The Labute approximate surface area is 151 Å². The quantitative estimate of drug-likeness (QED) is 0.756. The Morgan fingerprint density at radius 2 is 1.79 bits per heavy atom. The van der Waals surface area contributed by atoms with Gasteiger partial charge in [0.15, 0.2) is 0 Å². The number of rotatable bonds is 7. The number of hydrogen-bond acceptors (Lipinski definition) is 5. The molecule has 7 nitrogen and oxygen atoms in total. The Balaban J connectivity index is 3.15. The van der Waals surface area contributed by atoms with Crippen LogP contribution >= 0.6 is 15.9 Å². The smallest absolute Gasteiger partial charge is 0.414 e. The van der Waals surface area contributed by atoms with E-state index in [1.807, 2.05) is 19.0 Å². The maximum Gasteiger partial charge on any atom is 0.414 e. The summed E-state index contributed by atoms with van der Waals surface area (Å²) in [5.41, 5.74) is 1.01. The number of amides is 2. The molecule has 0 heterocycles. The van der Waals surface area contributed by atoms with E-state index < -0.39 is 12.2 Å². The highest BCUT2D eigenvalue weighted by atomic mass is 79.9. The zero-order valence-electron chi connectivity index (χ0n) is 14.5. The highest BCUT2D eigenvalue weighted by Crippen LogP contribution is 2.30. The van der Waals surface area contributed by atoms with Crippen molar-refractivity contribution in [3.05, 3.63) is 22.7 Å².